The van der Waals surface area contributed by atoms with Crippen molar-refractivity contribution in [1.29, 1.82) is 0 Å². The molecule has 0 aromatic heterocycles. The van der Waals surface area contributed by atoms with E-state index in [-0.39, 0.29) is 0 Å². The van der Waals surface area contributed by atoms with Gasteiger partial charge in [-0.3, -0.25) is 4.99 Å². The van der Waals surface area contributed by atoms with Crippen LogP contribution in [0.1, 0.15) is 26.2 Å². The molecule has 1 aliphatic carbocycles. The van der Waals surface area contributed by atoms with E-state index >= 15 is 0 Å². The second-order valence-corrected chi connectivity index (χ2v) is 5.18. The number of nitrogens with zero attached hydrogens (tertiary/aromatic N) is 1. The molecule has 0 radical (unpaired) electrons. The zero-order valence-corrected chi connectivity index (χ0v) is 8.36. The third-order valence-corrected chi connectivity index (χ3v) is 3.62. The van der Waals surface area contributed by atoms with Crippen LogP contribution in [-0.4, -0.2) is 23.5 Å². The highest BCUT2D eigenvalue weighted by atomic mass is 32.2. The predicted molar refractivity (Wildman–Crippen MR) is 54.7 cm³/mol. The first kappa shape index (κ1) is 8.42. The van der Waals surface area contributed by atoms with Crippen molar-refractivity contribution in [1.82, 2.24) is 5.32 Å². The van der Waals surface area contributed by atoms with Gasteiger partial charge in [-0.1, -0.05) is 25.1 Å². The van der Waals surface area contributed by atoms with Crippen LogP contribution in [-0.2, 0) is 0 Å². The quantitative estimate of drug-likeness (QED) is 0.708. The van der Waals surface area contributed by atoms with Gasteiger partial charge in [0.25, 0.3) is 0 Å². The van der Waals surface area contributed by atoms with Crippen LogP contribution in [0.2, 0.25) is 0 Å². The average Bonchev–Trinajstić information content (AvgIpc) is 2.32. The minimum absolute atomic E-state index is 0.689. The van der Waals surface area contributed by atoms with Gasteiger partial charge in [0.2, 0.25) is 0 Å². The fourth-order valence-corrected chi connectivity index (χ4v) is 2.35. The molecular weight excluding hydrogens is 168 g/mol. The van der Waals surface area contributed by atoms with E-state index < -0.39 is 0 Å². The van der Waals surface area contributed by atoms with Crippen LogP contribution in [0.25, 0.3) is 0 Å². The predicted octanol–water partition coefficient (Wildman–Crippen LogP) is 1.87. The maximum absolute atomic E-state index is 4.42. The summed E-state index contributed by atoms with van der Waals surface area (Å²) in [7, 11) is 0. The molecule has 1 atom stereocenters. The van der Waals surface area contributed by atoms with Crippen LogP contribution in [0.15, 0.2) is 4.99 Å². The van der Waals surface area contributed by atoms with Gasteiger partial charge in [-0.25, -0.2) is 0 Å². The molecule has 1 unspecified atom stereocenters. The highest BCUT2D eigenvalue weighted by Crippen LogP contribution is 2.26. The van der Waals surface area contributed by atoms with Crippen LogP contribution >= 0.6 is 11.8 Å². The van der Waals surface area contributed by atoms with Gasteiger partial charge in [0.1, 0.15) is 0 Å². The average molecular weight is 184 g/mol. The van der Waals surface area contributed by atoms with Gasteiger partial charge >= 0.3 is 0 Å². The van der Waals surface area contributed by atoms with E-state index in [1.165, 1.54) is 24.4 Å². The van der Waals surface area contributed by atoms with Crippen LogP contribution in [0, 0.1) is 5.92 Å². The summed E-state index contributed by atoms with van der Waals surface area (Å²) in [4.78, 5) is 4.42. The molecule has 1 fully saturated rings. The first-order valence-corrected chi connectivity index (χ1v) is 5.67. The lowest BCUT2D eigenvalue weighted by Gasteiger charge is -2.25. The zero-order chi connectivity index (χ0) is 8.39. The van der Waals surface area contributed by atoms with E-state index in [2.05, 4.69) is 17.2 Å². The second-order valence-electron chi connectivity index (χ2n) is 3.75. The molecule has 0 spiro atoms. The van der Waals surface area contributed by atoms with Crippen molar-refractivity contribution in [3.05, 3.63) is 0 Å². The van der Waals surface area contributed by atoms with E-state index in [1.54, 1.807) is 0 Å². The summed E-state index contributed by atoms with van der Waals surface area (Å²) in [6, 6.07) is 0. The fourth-order valence-electron chi connectivity index (χ4n) is 1.50. The van der Waals surface area contributed by atoms with E-state index in [1.807, 2.05) is 11.8 Å². The summed E-state index contributed by atoms with van der Waals surface area (Å²) >= 11 is 1.88. The van der Waals surface area contributed by atoms with Crippen molar-refractivity contribution >= 4 is 16.9 Å². The van der Waals surface area contributed by atoms with Crippen molar-refractivity contribution in [2.24, 2.45) is 10.9 Å². The molecule has 12 heavy (non-hydrogen) atoms. The summed E-state index contributed by atoms with van der Waals surface area (Å²) in [5.74, 6) is 0.934. The molecular formula is C9H16N2S. The van der Waals surface area contributed by atoms with Crippen LogP contribution in [0.5, 0.6) is 0 Å². The van der Waals surface area contributed by atoms with Crippen LogP contribution < -0.4 is 5.32 Å². The number of nitrogens with one attached hydrogen (secondary N) is 1. The third-order valence-electron chi connectivity index (χ3n) is 2.57. The molecule has 0 bridgehead atoms. The standard InChI is InChI=1S/C9H16N2S/c1-7-5-10-9(12-7)11-6-8-3-2-4-8/h7-8H,2-6H2,1H3,(H,10,11). The van der Waals surface area contributed by atoms with E-state index in [4.69, 9.17) is 0 Å². The summed E-state index contributed by atoms with van der Waals surface area (Å²) in [5, 5.41) is 5.29. The Labute approximate surface area is 78.2 Å². The largest absolute Gasteiger partial charge is 0.365 e. The molecule has 0 aromatic carbocycles. The minimum Gasteiger partial charge on any atom is -0.365 e. The molecule has 0 amide bonds. The molecule has 3 heteroatoms. The first-order chi connectivity index (χ1) is 5.84. The smallest absolute Gasteiger partial charge is 0.156 e. The Morgan fingerprint density at radius 1 is 1.58 bits per heavy atom. The molecule has 1 N–H and O–H groups in total. The number of amidine groups is 1. The maximum Gasteiger partial charge on any atom is 0.156 e. The maximum atomic E-state index is 4.42. The molecule has 1 saturated carbocycles. The Morgan fingerprint density at radius 2 is 2.42 bits per heavy atom. The topological polar surface area (TPSA) is 24.4 Å². The monoisotopic (exact) mass is 184 g/mol. The van der Waals surface area contributed by atoms with Gasteiger partial charge < -0.3 is 5.32 Å². The lowest BCUT2D eigenvalue weighted by molar-refractivity contribution is 0.316. The highest BCUT2D eigenvalue weighted by molar-refractivity contribution is 8.14. The van der Waals surface area contributed by atoms with Crippen molar-refractivity contribution < 1.29 is 0 Å². The molecule has 0 saturated heterocycles. The normalized spacial score (nSPS) is 29.8. The van der Waals surface area contributed by atoms with Gasteiger partial charge in [0, 0.05) is 11.8 Å². The number of rotatable bonds is 2. The van der Waals surface area contributed by atoms with Crippen LogP contribution in [0.4, 0.5) is 0 Å². The zero-order valence-electron chi connectivity index (χ0n) is 7.55. The summed E-state index contributed by atoms with van der Waals surface area (Å²) in [6.07, 6.45) is 4.27. The number of hydrogen-bond acceptors (Lipinski definition) is 3. The molecule has 68 valence electrons. The van der Waals surface area contributed by atoms with Crippen LogP contribution in [0.3, 0.4) is 0 Å². The summed E-state index contributed by atoms with van der Waals surface area (Å²) in [6.45, 7) is 4.38. The number of hydrogen-bond donors (Lipinski definition) is 1. The Hall–Kier alpha value is -0.180. The van der Waals surface area contributed by atoms with Crippen molar-refractivity contribution in [3.8, 4) is 0 Å². The SMILES string of the molecule is CC1CN=C(NCC2CCC2)S1. The minimum atomic E-state index is 0.689. The Balaban J connectivity index is 1.66. The molecule has 2 aliphatic rings. The molecule has 1 aliphatic heterocycles. The Kier molecular flexibility index (Phi) is 2.59. The molecule has 0 aromatic rings. The number of thioether (sulfide) groups is 1. The summed E-state index contributed by atoms with van der Waals surface area (Å²) in [5.41, 5.74) is 0. The highest BCUT2D eigenvalue weighted by Gasteiger charge is 2.19. The molecule has 1 heterocycles. The third kappa shape index (κ3) is 1.94. The van der Waals surface area contributed by atoms with Gasteiger partial charge in [-0.2, -0.15) is 0 Å². The number of aliphatic imine (C=N–C) groups is 1. The Bertz CT molecular complexity index is 187. The molecule has 2 rings (SSSR count). The van der Waals surface area contributed by atoms with Crippen molar-refractivity contribution in [2.75, 3.05) is 13.1 Å². The van der Waals surface area contributed by atoms with Gasteiger partial charge in [0.15, 0.2) is 5.17 Å². The molecule has 2 nitrogen and oxygen atoms in total. The first-order valence-electron chi connectivity index (χ1n) is 4.79. The Morgan fingerprint density at radius 3 is 2.92 bits per heavy atom. The lowest BCUT2D eigenvalue weighted by Crippen LogP contribution is -2.30. The van der Waals surface area contributed by atoms with E-state index in [0.717, 1.165) is 19.0 Å². The summed E-state index contributed by atoms with van der Waals surface area (Å²) < 4.78 is 0. The second kappa shape index (κ2) is 3.69. The van der Waals surface area contributed by atoms with E-state index in [0.29, 0.717) is 5.25 Å². The van der Waals surface area contributed by atoms with Gasteiger partial charge in [0.05, 0.1) is 6.54 Å². The lowest BCUT2D eigenvalue weighted by atomic mass is 9.86. The fraction of sp³-hybridized carbons (Fsp3) is 0.889. The van der Waals surface area contributed by atoms with Crippen molar-refractivity contribution in [2.45, 2.75) is 31.4 Å². The van der Waals surface area contributed by atoms with Gasteiger partial charge in [-0.05, 0) is 18.8 Å². The van der Waals surface area contributed by atoms with E-state index in [9.17, 15) is 0 Å². The van der Waals surface area contributed by atoms with Crippen molar-refractivity contribution in [3.63, 3.8) is 0 Å². The van der Waals surface area contributed by atoms with Gasteiger partial charge in [-0.15, -0.1) is 0 Å².